The van der Waals surface area contributed by atoms with Crippen LogP contribution in [-0.2, 0) is 10.7 Å². The van der Waals surface area contributed by atoms with Crippen molar-refractivity contribution < 1.29 is 17.7 Å². The fourth-order valence-electron chi connectivity index (χ4n) is 1.64. The van der Waals surface area contributed by atoms with Gasteiger partial charge in [0.1, 0.15) is 0 Å². The maximum atomic E-state index is 12.4. The molecule has 0 heterocycles. The van der Waals surface area contributed by atoms with E-state index in [4.69, 9.17) is 0 Å². The van der Waals surface area contributed by atoms with Gasteiger partial charge in [0.25, 0.3) is 0 Å². The molecule has 2 aromatic carbocycles. The van der Waals surface area contributed by atoms with E-state index in [1.165, 1.54) is 12.1 Å². The normalized spacial score (nSPS) is 11.7. The van der Waals surface area contributed by atoms with Crippen LogP contribution < -0.4 is 5.30 Å². The van der Waals surface area contributed by atoms with Crippen LogP contribution in [0.3, 0.4) is 0 Å². The Morgan fingerprint density at radius 2 is 1.50 bits per heavy atom. The minimum atomic E-state index is -4.34. The molecular weight excluding hydrogens is 260 g/mol. The summed E-state index contributed by atoms with van der Waals surface area (Å²) in [7, 11) is -0.152. The van der Waals surface area contributed by atoms with Gasteiger partial charge in [-0.15, -0.1) is 0 Å². The average Bonchev–Trinajstić information content (AvgIpc) is 2.38. The molecule has 0 spiro atoms. The molecule has 18 heavy (non-hydrogen) atoms. The third-order valence-electron chi connectivity index (χ3n) is 2.53. The Morgan fingerprint density at radius 3 is 2.06 bits per heavy atom. The quantitative estimate of drug-likeness (QED) is 0.742. The molecule has 0 unspecified atom stereocenters. The van der Waals surface area contributed by atoms with Gasteiger partial charge in [-0.3, -0.25) is 4.57 Å². The van der Waals surface area contributed by atoms with Crippen molar-refractivity contribution in [3.05, 3.63) is 54.1 Å². The van der Waals surface area contributed by atoms with E-state index in [0.29, 0.717) is 16.4 Å². The monoisotopic (exact) mass is 268 g/mol. The number of hydrogen-bond acceptors (Lipinski definition) is 1. The summed E-state index contributed by atoms with van der Waals surface area (Å²) in [5, 5.41) is 0.553. The Hall–Kier alpha value is -1.67. The van der Waals surface area contributed by atoms with E-state index in [1.807, 2.05) is 0 Å². The summed E-state index contributed by atoms with van der Waals surface area (Å²) in [4.78, 5) is 0. The second kappa shape index (κ2) is 4.91. The summed E-state index contributed by atoms with van der Waals surface area (Å²) in [5.41, 5.74) is 0.591. The Kier molecular flexibility index (Phi) is 3.48. The molecule has 5 heteroatoms. The second-order valence-corrected chi connectivity index (χ2v) is 4.35. The summed E-state index contributed by atoms with van der Waals surface area (Å²) < 4.78 is 48.2. The highest BCUT2D eigenvalue weighted by molar-refractivity contribution is 7.34. The van der Waals surface area contributed by atoms with Gasteiger partial charge in [0.05, 0.1) is 10.9 Å². The zero-order valence-electron chi connectivity index (χ0n) is 9.11. The van der Waals surface area contributed by atoms with Crippen LogP contribution in [0.5, 0.6) is 0 Å². The number of alkyl halides is 3. The Labute approximate surface area is 103 Å². The number of benzene rings is 2. The first-order valence-corrected chi connectivity index (χ1v) is 5.93. The van der Waals surface area contributed by atoms with Crippen molar-refractivity contribution in [1.29, 1.82) is 0 Å². The van der Waals surface area contributed by atoms with Crippen molar-refractivity contribution >= 4 is 13.8 Å². The molecule has 0 aliphatic heterocycles. The van der Waals surface area contributed by atoms with Gasteiger partial charge in [0.15, 0.2) is 8.46 Å². The molecule has 0 fully saturated rings. The SMILES string of the molecule is O=Pc1ccccc1-c1ccc(C(F)(F)F)cc1. The van der Waals surface area contributed by atoms with Crippen molar-refractivity contribution in [2.75, 3.05) is 0 Å². The smallest absolute Gasteiger partial charge is 0.269 e. The molecule has 1 nitrogen and oxygen atoms in total. The van der Waals surface area contributed by atoms with E-state index in [1.54, 1.807) is 24.3 Å². The van der Waals surface area contributed by atoms with E-state index in [9.17, 15) is 17.7 Å². The van der Waals surface area contributed by atoms with Gasteiger partial charge in [-0.05, 0) is 29.3 Å². The van der Waals surface area contributed by atoms with E-state index < -0.39 is 11.7 Å². The van der Waals surface area contributed by atoms with Crippen LogP contribution in [0.2, 0.25) is 0 Å². The van der Waals surface area contributed by atoms with Gasteiger partial charge in [0, 0.05) is 0 Å². The van der Waals surface area contributed by atoms with Crippen LogP contribution in [0, 0.1) is 0 Å². The molecule has 2 aromatic rings. The topological polar surface area (TPSA) is 17.1 Å². The molecule has 0 N–H and O–H groups in total. The Bertz CT molecular complexity index is 561. The van der Waals surface area contributed by atoms with Gasteiger partial charge in [0.2, 0.25) is 0 Å². The first-order chi connectivity index (χ1) is 8.52. The molecule has 2 rings (SSSR count). The summed E-state index contributed by atoms with van der Waals surface area (Å²) in [5.74, 6) is 0. The summed E-state index contributed by atoms with van der Waals surface area (Å²) >= 11 is 0. The number of hydrogen-bond donors (Lipinski definition) is 0. The summed E-state index contributed by atoms with van der Waals surface area (Å²) in [6, 6.07) is 11.7. The van der Waals surface area contributed by atoms with E-state index >= 15 is 0 Å². The lowest BCUT2D eigenvalue weighted by molar-refractivity contribution is -0.137. The fourth-order valence-corrected chi connectivity index (χ4v) is 2.09. The highest BCUT2D eigenvalue weighted by Crippen LogP contribution is 2.30. The van der Waals surface area contributed by atoms with Crippen molar-refractivity contribution in [1.82, 2.24) is 0 Å². The van der Waals surface area contributed by atoms with Crippen LogP contribution in [-0.4, -0.2) is 0 Å². The number of rotatable bonds is 2. The van der Waals surface area contributed by atoms with Gasteiger partial charge in [-0.25, -0.2) is 0 Å². The van der Waals surface area contributed by atoms with Crippen LogP contribution >= 0.6 is 8.46 Å². The summed E-state index contributed by atoms with van der Waals surface area (Å²) in [6.07, 6.45) is -4.34. The predicted molar refractivity (Wildman–Crippen MR) is 64.1 cm³/mol. The Balaban J connectivity index is 2.44. The Morgan fingerprint density at radius 1 is 0.889 bits per heavy atom. The maximum Gasteiger partial charge on any atom is 0.416 e. The van der Waals surface area contributed by atoms with E-state index in [0.717, 1.165) is 12.1 Å². The van der Waals surface area contributed by atoms with Gasteiger partial charge in [-0.1, -0.05) is 30.3 Å². The van der Waals surface area contributed by atoms with Crippen LogP contribution in [0.15, 0.2) is 48.5 Å². The molecule has 0 amide bonds. The maximum absolute atomic E-state index is 12.4. The second-order valence-electron chi connectivity index (χ2n) is 3.68. The molecule has 0 aliphatic carbocycles. The zero-order valence-corrected chi connectivity index (χ0v) is 10.0. The van der Waals surface area contributed by atoms with E-state index in [-0.39, 0.29) is 8.46 Å². The molecular formula is C13H8F3OP. The third kappa shape index (κ3) is 2.59. The first kappa shape index (κ1) is 12.8. The predicted octanol–water partition coefficient (Wildman–Crippen LogP) is 4.29. The lowest BCUT2D eigenvalue weighted by Gasteiger charge is -2.08. The highest BCUT2D eigenvalue weighted by atomic mass is 31.1. The van der Waals surface area contributed by atoms with Crippen LogP contribution in [0.25, 0.3) is 11.1 Å². The van der Waals surface area contributed by atoms with Crippen LogP contribution in [0.4, 0.5) is 13.2 Å². The van der Waals surface area contributed by atoms with Crippen LogP contribution in [0.1, 0.15) is 5.56 Å². The molecule has 0 saturated carbocycles. The van der Waals surface area contributed by atoms with Crippen molar-refractivity contribution in [3.8, 4) is 11.1 Å². The molecule has 0 saturated heterocycles. The molecule has 92 valence electrons. The van der Waals surface area contributed by atoms with Gasteiger partial charge < -0.3 is 0 Å². The van der Waals surface area contributed by atoms with Crippen molar-refractivity contribution in [2.24, 2.45) is 0 Å². The fraction of sp³-hybridized carbons (Fsp3) is 0.0769. The lowest BCUT2D eigenvalue weighted by atomic mass is 10.0. The molecule has 0 bridgehead atoms. The van der Waals surface area contributed by atoms with Crippen molar-refractivity contribution in [2.45, 2.75) is 6.18 Å². The van der Waals surface area contributed by atoms with Gasteiger partial charge in [-0.2, -0.15) is 13.2 Å². The summed E-state index contributed by atoms with van der Waals surface area (Å²) in [6.45, 7) is 0. The molecule has 0 radical (unpaired) electrons. The standard InChI is InChI=1S/C13H8F3OP/c14-13(15,16)10-7-5-9(6-8-10)11-3-1-2-4-12(11)18-17/h1-8H. The highest BCUT2D eigenvalue weighted by Gasteiger charge is 2.29. The van der Waals surface area contributed by atoms with Gasteiger partial charge >= 0.3 is 6.18 Å². The minimum absolute atomic E-state index is 0.152. The van der Waals surface area contributed by atoms with E-state index in [2.05, 4.69) is 0 Å². The number of halogens is 3. The zero-order chi connectivity index (χ0) is 13.2. The molecule has 0 atom stereocenters. The molecule has 0 aromatic heterocycles. The van der Waals surface area contributed by atoms with Crippen molar-refractivity contribution in [3.63, 3.8) is 0 Å². The lowest BCUT2D eigenvalue weighted by Crippen LogP contribution is -2.04. The largest absolute Gasteiger partial charge is 0.416 e. The molecule has 0 aliphatic rings. The minimum Gasteiger partial charge on any atom is -0.269 e. The first-order valence-electron chi connectivity index (χ1n) is 5.12. The third-order valence-corrected chi connectivity index (χ3v) is 3.11. The average molecular weight is 268 g/mol.